The van der Waals surface area contributed by atoms with Gasteiger partial charge in [-0.15, -0.1) is 0 Å². The van der Waals surface area contributed by atoms with Crippen molar-refractivity contribution >= 4 is 0 Å². The highest BCUT2D eigenvalue weighted by Gasteiger charge is 2.26. The van der Waals surface area contributed by atoms with Crippen molar-refractivity contribution in [2.24, 2.45) is 11.8 Å². The van der Waals surface area contributed by atoms with E-state index < -0.39 is 0 Å². The molecule has 0 radical (unpaired) electrons. The normalized spacial score (nSPS) is 26.2. The van der Waals surface area contributed by atoms with Gasteiger partial charge in [0, 0.05) is 6.04 Å². The van der Waals surface area contributed by atoms with Gasteiger partial charge in [-0.2, -0.15) is 0 Å². The maximum absolute atomic E-state index is 3.54. The van der Waals surface area contributed by atoms with Crippen molar-refractivity contribution in [3.63, 3.8) is 0 Å². The maximum atomic E-state index is 3.54. The summed E-state index contributed by atoms with van der Waals surface area (Å²) in [6.45, 7) is 0. The van der Waals surface area contributed by atoms with Crippen molar-refractivity contribution < 1.29 is 0 Å². The van der Waals surface area contributed by atoms with Gasteiger partial charge in [0.1, 0.15) is 0 Å². The molecule has 0 aromatic carbocycles. The van der Waals surface area contributed by atoms with Gasteiger partial charge >= 0.3 is 0 Å². The molecule has 0 heterocycles. The van der Waals surface area contributed by atoms with E-state index >= 15 is 0 Å². The highest BCUT2D eigenvalue weighted by atomic mass is 14.9. The van der Waals surface area contributed by atoms with Crippen molar-refractivity contribution in [1.29, 1.82) is 0 Å². The van der Waals surface area contributed by atoms with Crippen molar-refractivity contribution in [3.8, 4) is 0 Å². The Balaban J connectivity index is 1.70. The Morgan fingerprint density at radius 1 is 0.867 bits per heavy atom. The minimum atomic E-state index is 0.820. The summed E-state index contributed by atoms with van der Waals surface area (Å²) in [6.07, 6.45) is 14.9. The molecule has 1 atom stereocenters. The predicted octanol–water partition coefficient (Wildman–Crippen LogP) is 3.74. The van der Waals surface area contributed by atoms with Crippen LogP contribution in [0.5, 0.6) is 0 Å². The monoisotopic (exact) mass is 209 g/mol. The topological polar surface area (TPSA) is 12.0 Å². The molecule has 1 nitrogen and oxygen atoms in total. The van der Waals surface area contributed by atoms with Gasteiger partial charge in [-0.25, -0.2) is 0 Å². The van der Waals surface area contributed by atoms with Gasteiger partial charge < -0.3 is 5.32 Å². The maximum Gasteiger partial charge on any atom is 0.00693 e. The first-order valence-corrected chi connectivity index (χ1v) is 7.05. The molecule has 0 spiro atoms. The summed E-state index contributed by atoms with van der Waals surface area (Å²) in [5.41, 5.74) is 0. The molecule has 1 heteroatoms. The molecule has 0 bridgehead atoms. The Labute approximate surface area is 95.0 Å². The predicted molar refractivity (Wildman–Crippen MR) is 66.0 cm³/mol. The quantitative estimate of drug-likeness (QED) is 0.680. The van der Waals surface area contributed by atoms with E-state index in [9.17, 15) is 0 Å². The third-order valence-corrected chi connectivity index (χ3v) is 4.32. The van der Waals surface area contributed by atoms with Crippen LogP contribution >= 0.6 is 0 Å². The van der Waals surface area contributed by atoms with E-state index in [1.165, 1.54) is 64.2 Å². The van der Waals surface area contributed by atoms with Crippen LogP contribution in [0.1, 0.15) is 64.2 Å². The Kier molecular flexibility index (Phi) is 4.49. The van der Waals surface area contributed by atoms with E-state index in [-0.39, 0.29) is 0 Å². The molecule has 15 heavy (non-hydrogen) atoms. The molecule has 0 amide bonds. The molecule has 2 rings (SSSR count). The molecular formula is C14H27N. The van der Waals surface area contributed by atoms with E-state index in [2.05, 4.69) is 12.4 Å². The Morgan fingerprint density at radius 2 is 1.40 bits per heavy atom. The van der Waals surface area contributed by atoms with Gasteiger partial charge in [0.15, 0.2) is 0 Å². The number of hydrogen-bond donors (Lipinski definition) is 1. The van der Waals surface area contributed by atoms with Gasteiger partial charge in [-0.1, -0.05) is 51.4 Å². The molecule has 2 aliphatic rings. The summed E-state index contributed by atoms with van der Waals surface area (Å²) < 4.78 is 0. The second-order valence-electron chi connectivity index (χ2n) is 5.76. The van der Waals surface area contributed by atoms with E-state index in [4.69, 9.17) is 0 Å². The molecule has 88 valence electrons. The molecule has 2 fully saturated rings. The van der Waals surface area contributed by atoms with Crippen molar-refractivity contribution in [2.45, 2.75) is 70.3 Å². The van der Waals surface area contributed by atoms with Crippen LogP contribution in [0, 0.1) is 11.8 Å². The number of rotatable bonds is 5. The van der Waals surface area contributed by atoms with Crippen LogP contribution in [0.4, 0.5) is 0 Å². The number of nitrogens with one attached hydrogen (secondary N) is 1. The molecule has 2 saturated carbocycles. The summed E-state index contributed by atoms with van der Waals surface area (Å²) in [6, 6.07) is 0.820. The van der Waals surface area contributed by atoms with Crippen LogP contribution in [-0.4, -0.2) is 13.1 Å². The molecule has 1 N–H and O–H groups in total. The lowest BCUT2D eigenvalue weighted by atomic mass is 9.90. The van der Waals surface area contributed by atoms with Crippen LogP contribution in [0.3, 0.4) is 0 Å². The van der Waals surface area contributed by atoms with Gasteiger partial charge in [-0.05, 0) is 31.7 Å². The lowest BCUT2D eigenvalue weighted by molar-refractivity contribution is 0.343. The van der Waals surface area contributed by atoms with Crippen LogP contribution < -0.4 is 5.32 Å². The first-order valence-electron chi connectivity index (χ1n) is 7.05. The SMILES string of the molecule is CNC(CC1CCCCCC1)CC1CC1. The smallest absolute Gasteiger partial charge is 0.00693 e. The summed E-state index contributed by atoms with van der Waals surface area (Å²) in [5, 5.41) is 3.54. The minimum absolute atomic E-state index is 0.820. The molecule has 2 aliphatic carbocycles. The van der Waals surface area contributed by atoms with Crippen molar-refractivity contribution in [1.82, 2.24) is 5.32 Å². The zero-order chi connectivity index (χ0) is 10.5. The Bertz CT molecular complexity index is 166. The summed E-state index contributed by atoms with van der Waals surface area (Å²) in [5.74, 6) is 2.11. The molecule has 0 aromatic heterocycles. The standard InChI is InChI=1S/C14H27N/c1-15-14(11-13-8-9-13)10-12-6-4-2-3-5-7-12/h12-15H,2-11H2,1H3. The van der Waals surface area contributed by atoms with E-state index in [1.54, 1.807) is 0 Å². The fraction of sp³-hybridized carbons (Fsp3) is 1.00. The first-order chi connectivity index (χ1) is 7.38. The third-order valence-electron chi connectivity index (χ3n) is 4.32. The van der Waals surface area contributed by atoms with Crippen LogP contribution in [0.2, 0.25) is 0 Å². The lowest BCUT2D eigenvalue weighted by Gasteiger charge is -2.22. The van der Waals surface area contributed by atoms with Gasteiger partial charge in [-0.3, -0.25) is 0 Å². The molecule has 1 unspecified atom stereocenters. The minimum Gasteiger partial charge on any atom is -0.317 e. The average molecular weight is 209 g/mol. The van der Waals surface area contributed by atoms with Crippen LogP contribution in [-0.2, 0) is 0 Å². The molecule has 0 saturated heterocycles. The van der Waals surface area contributed by atoms with Crippen LogP contribution in [0.15, 0.2) is 0 Å². The van der Waals surface area contributed by atoms with Crippen LogP contribution in [0.25, 0.3) is 0 Å². The van der Waals surface area contributed by atoms with E-state index in [1.807, 2.05) is 0 Å². The average Bonchev–Trinajstić information content (AvgIpc) is 3.04. The largest absolute Gasteiger partial charge is 0.317 e. The third kappa shape index (κ3) is 4.14. The van der Waals surface area contributed by atoms with E-state index in [0.29, 0.717) is 0 Å². The van der Waals surface area contributed by atoms with Gasteiger partial charge in [0.2, 0.25) is 0 Å². The fourth-order valence-electron chi connectivity index (χ4n) is 3.09. The molecule has 0 aliphatic heterocycles. The summed E-state index contributed by atoms with van der Waals surface area (Å²) >= 11 is 0. The highest BCUT2D eigenvalue weighted by molar-refractivity contribution is 4.81. The first kappa shape index (κ1) is 11.4. The molecule has 0 aromatic rings. The van der Waals surface area contributed by atoms with E-state index in [0.717, 1.165) is 17.9 Å². The summed E-state index contributed by atoms with van der Waals surface area (Å²) in [4.78, 5) is 0. The molecular weight excluding hydrogens is 182 g/mol. The highest BCUT2D eigenvalue weighted by Crippen LogP contribution is 2.36. The fourth-order valence-corrected chi connectivity index (χ4v) is 3.09. The Morgan fingerprint density at radius 3 is 1.87 bits per heavy atom. The Hall–Kier alpha value is -0.0400. The van der Waals surface area contributed by atoms with Crippen molar-refractivity contribution in [3.05, 3.63) is 0 Å². The van der Waals surface area contributed by atoms with Crippen molar-refractivity contribution in [2.75, 3.05) is 7.05 Å². The zero-order valence-corrected chi connectivity index (χ0v) is 10.3. The zero-order valence-electron chi connectivity index (χ0n) is 10.3. The number of hydrogen-bond acceptors (Lipinski definition) is 1. The second kappa shape index (κ2) is 5.89. The second-order valence-corrected chi connectivity index (χ2v) is 5.76. The lowest BCUT2D eigenvalue weighted by Crippen LogP contribution is -2.28. The summed E-state index contributed by atoms with van der Waals surface area (Å²) in [7, 11) is 2.16. The van der Waals surface area contributed by atoms with Gasteiger partial charge in [0.25, 0.3) is 0 Å². The van der Waals surface area contributed by atoms with Gasteiger partial charge in [0.05, 0.1) is 0 Å².